The number of hydrogen-bond donors (Lipinski definition) is 0. The maximum Gasteiger partial charge on any atom is 0.330 e. The Morgan fingerprint density at radius 3 is 2.60 bits per heavy atom. The van der Waals surface area contributed by atoms with E-state index in [-0.39, 0.29) is 13.2 Å². The Bertz CT molecular complexity index is 742. The summed E-state index contributed by atoms with van der Waals surface area (Å²) in [5.74, 6) is 1.41. The summed E-state index contributed by atoms with van der Waals surface area (Å²) in [6, 6.07) is 12.9. The number of para-hydroxylation sites is 1. The van der Waals surface area contributed by atoms with E-state index in [1.807, 2.05) is 36.4 Å². The molecule has 6 heteroatoms. The highest BCUT2D eigenvalue weighted by molar-refractivity contribution is 9.10. The second kappa shape index (κ2) is 9.74. The smallest absolute Gasteiger partial charge is 0.330 e. The summed E-state index contributed by atoms with van der Waals surface area (Å²) in [5, 5.41) is 0. The monoisotopic (exact) mass is 406 g/mol. The molecule has 0 atom stereocenters. The van der Waals surface area contributed by atoms with Crippen molar-refractivity contribution in [1.29, 1.82) is 0 Å². The fraction of sp³-hybridized carbons (Fsp3) is 0.211. The summed E-state index contributed by atoms with van der Waals surface area (Å²) in [5.41, 5.74) is 0.726. The molecule has 5 nitrogen and oxygen atoms in total. The van der Waals surface area contributed by atoms with Gasteiger partial charge >= 0.3 is 5.97 Å². The molecule has 0 aliphatic rings. The maximum atomic E-state index is 11.8. The Hall–Kier alpha value is -2.47. The van der Waals surface area contributed by atoms with E-state index in [4.69, 9.17) is 18.9 Å². The first-order valence-corrected chi connectivity index (χ1v) is 8.37. The van der Waals surface area contributed by atoms with Gasteiger partial charge in [-0.15, -0.1) is 0 Å². The van der Waals surface area contributed by atoms with Crippen molar-refractivity contribution in [3.8, 4) is 17.2 Å². The predicted octanol–water partition coefficient (Wildman–Crippen LogP) is 4.10. The molecule has 0 saturated heterocycles. The number of rotatable bonds is 8. The van der Waals surface area contributed by atoms with Crippen LogP contribution in [-0.2, 0) is 9.53 Å². The van der Waals surface area contributed by atoms with Crippen molar-refractivity contribution in [2.24, 2.45) is 0 Å². The van der Waals surface area contributed by atoms with E-state index in [9.17, 15) is 4.79 Å². The van der Waals surface area contributed by atoms with Gasteiger partial charge in [-0.2, -0.15) is 0 Å². The zero-order valence-corrected chi connectivity index (χ0v) is 15.6. The minimum absolute atomic E-state index is 0.158. The van der Waals surface area contributed by atoms with E-state index in [1.165, 1.54) is 6.08 Å². The summed E-state index contributed by atoms with van der Waals surface area (Å²) in [6.07, 6.45) is 2.97. The number of carbonyl (C=O) groups excluding carboxylic acids is 1. The Balaban J connectivity index is 1.83. The SMILES string of the molecule is COc1cccc(/C=C/C(=O)OCCOc2cccc(Br)c2)c1OC. The summed E-state index contributed by atoms with van der Waals surface area (Å²) in [4.78, 5) is 11.8. The maximum absolute atomic E-state index is 11.8. The molecule has 0 bridgehead atoms. The average Bonchev–Trinajstić information content (AvgIpc) is 2.63. The molecule has 0 heterocycles. The summed E-state index contributed by atoms with van der Waals surface area (Å²) in [7, 11) is 3.11. The molecule has 2 rings (SSSR count). The van der Waals surface area contributed by atoms with Gasteiger partial charge in [0.1, 0.15) is 19.0 Å². The van der Waals surface area contributed by atoms with Crippen LogP contribution in [0.4, 0.5) is 0 Å². The standard InChI is InChI=1S/C19H19BrO5/c1-22-17-8-3-5-14(19(17)23-2)9-10-18(21)25-12-11-24-16-7-4-6-15(20)13-16/h3-10,13H,11-12H2,1-2H3/b10-9+. The van der Waals surface area contributed by atoms with Crippen molar-refractivity contribution in [3.05, 3.63) is 58.6 Å². The molecular formula is C19H19BrO5. The molecule has 0 fully saturated rings. The summed E-state index contributed by atoms with van der Waals surface area (Å²) in [6.45, 7) is 0.434. The van der Waals surface area contributed by atoms with Gasteiger partial charge in [-0.1, -0.05) is 34.1 Å². The second-order valence-electron chi connectivity index (χ2n) is 4.89. The first-order valence-electron chi connectivity index (χ1n) is 7.58. The van der Waals surface area contributed by atoms with E-state index >= 15 is 0 Å². The van der Waals surface area contributed by atoms with E-state index in [0.717, 1.165) is 10.0 Å². The second-order valence-corrected chi connectivity index (χ2v) is 5.81. The molecule has 0 aromatic heterocycles. The Kier molecular flexibility index (Phi) is 7.35. The minimum atomic E-state index is -0.456. The fourth-order valence-electron chi connectivity index (χ4n) is 2.11. The largest absolute Gasteiger partial charge is 0.493 e. The van der Waals surface area contributed by atoms with Gasteiger partial charge < -0.3 is 18.9 Å². The van der Waals surface area contributed by atoms with E-state index in [1.54, 1.807) is 26.4 Å². The molecule has 0 spiro atoms. The van der Waals surface area contributed by atoms with Gasteiger partial charge in [-0.25, -0.2) is 4.79 Å². The normalized spacial score (nSPS) is 10.5. The van der Waals surface area contributed by atoms with Crippen LogP contribution in [0.3, 0.4) is 0 Å². The molecule has 2 aromatic rings. The lowest BCUT2D eigenvalue weighted by Crippen LogP contribution is -2.10. The van der Waals surface area contributed by atoms with Crippen LogP contribution in [-0.4, -0.2) is 33.4 Å². The van der Waals surface area contributed by atoms with Crippen LogP contribution in [0.2, 0.25) is 0 Å². The highest BCUT2D eigenvalue weighted by atomic mass is 79.9. The minimum Gasteiger partial charge on any atom is -0.493 e. The third-order valence-electron chi connectivity index (χ3n) is 3.22. The van der Waals surface area contributed by atoms with Crippen molar-refractivity contribution >= 4 is 28.0 Å². The van der Waals surface area contributed by atoms with Gasteiger partial charge in [0.15, 0.2) is 11.5 Å². The molecule has 132 valence electrons. The van der Waals surface area contributed by atoms with E-state index in [2.05, 4.69) is 15.9 Å². The molecule has 0 amide bonds. The molecular weight excluding hydrogens is 388 g/mol. The third-order valence-corrected chi connectivity index (χ3v) is 3.72. The third kappa shape index (κ3) is 5.83. The lowest BCUT2D eigenvalue weighted by molar-refractivity contribution is -0.138. The number of benzene rings is 2. The molecule has 0 radical (unpaired) electrons. The average molecular weight is 407 g/mol. The lowest BCUT2D eigenvalue weighted by atomic mass is 10.1. The molecule has 25 heavy (non-hydrogen) atoms. The van der Waals surface area contributed by atoms with E-state index < -0.39 is 5.97 Å². The molecule has 0 saturated carbocycles. The van der Waals surface area contributed by atoms with Crippen molar-refractivity contribution in [2.45, 2.75) is 0 Å². The van der Waals surface area contributed by atoms with Gasteiger partial charge in [-0.05, 0) is 30.3 Å². The lowest BCUT2D eigenvalue weighted by Gasteiger charge is -2.09. The van der Waals surface area contributed by atoms with Crippen LogP contribution < -0.4 is 14.2 Å². The molecule has 0 unspecified atom stereocenters. The van der Waals surface area contributed by atoms with Gasteiger partial charge in [-0.3, -0.25) is 0 Å². The van der Waals surface area contributed by atoms with Crippen molar-refractivity contribution in [2.75, 3.05) is 27.4 Å². The number of carbonyl (C=O) groups is 1. The van der Waals surface area contributed by atoms with Crippen LogP contribution in [0.1, 0.15) is 5.56 Å². The Morgan fingerprint density at radius 2 is 1.88 bits per heavy atom. The summed E-state index contributed by atoms with van der Waals surface area (Å²) >= 11 is 3.37. The molecule has 0 N–H and O–H groups in total. The molecule has 0 aliphatic carbocycles. The van der Waals surface area contributed by atoms with Gasteiger partial charge in [0, 0.05) is 16.1 Å². The highest BCUT2D eigenvalue weighted by Gasteiger charge is 2.07. The summed E-state index contributed by atoms with van der Waals surface area (Å²) < 4.78 is 22.1. The van der Waals surface area contributed by atoms with Crippen LogP contribution in [0.25, 0.3) is 6.08 Å². The van der Waals surface area contributed by atoms with Gasteiger partial charge in [0.2, 0.25) is 0 Å². The van der Waals surface area contributed by atoms with Crippen LogP contribution in [0.15, 0.2) is 53.0 Å². The number of hydrogen-bond acceptors (Lipinski definition) is 5. The number of methoxy groups -OCH3 is 2. The van der Waals surface area contributed by atoms with Crippen LogP contribution in [0.5, 0.6) is 17.2 Å². The van der Waals surface area contributed by atoms with Crippen molar-refractivity contribution in [1.82, 2.24) is 0 Å². The zero-order valence-electron chi connectivity index (χ0n) is 14.0. The number of esters is 1. The van der Waals surface area contributed by atoms with Crippen molar-refractivity contribution < 1.29 is 23.7 Å². The Morgan fingerprint density at radius 1 is 1.08 bits per heavy atom. The number of ether oxygens (including phenoxy) is 4. The fourth-order valence-corrected chi connectivity index (χ4v) is 2.49. The quantitative estimate of drug-likeness (QED) is 0.375. The zero-order chi connectivity index (χ0) is 18.1. The molecule has 2 aromatic carbocycles. The topological polar surface area (TPSA) is 54.0 Å². The number of halogens is 1. The van der Waals surface area contributed by atoms with E-state index in [0.29, 0.717) is 17.2 Å². The van der Waals surface area contributed by atoms with Gasteiger partial charge in [0.05, 0.1) is 14.2 Å². The van der Waals surface area contributed by atoms with Crippen molar-refractivity contribution in [3.63, 3.8) is 0 Å². The predicted molar refractivity (Wildman–Crippen MR) is 99.2 cm³/mol. The van der Waals surface area contributed by atoms with Crippen LogP contribution in [0, 0.1) is 0 Å². The Labute approximate surface area is 155 Å². The van der Waals surface area contributed by atoms with Gasteiger partial charge in [0.25, 0.3) is 0 Å². The first-order chi connectivity index (χ1) is 12.1. The van der Waals surface area contributed by atoms with Crippen LogP contribution >= 0.6 is 15.9 Å². The highest BCUT2D eigenvalue weighted by Crippen LogP contribution is 2.31. The molecule has 0 aliphatic heterocycles. The first kappa shape index (κ1) is 18.9.